The van der Waals surface area contributed by atoms with E-state index in [0.717, 1.165) is 62.8 Å². The summed E-state index contributed by atoms with van der Waals surface area (Å²) >= 11 is 0. The van der Waals surface area contributed by atoms with Crippen LogP contribution in [0.5, 0.6) is 5.75 Å². The lowest BCUT2D eigenvalue weighted by Gasteiger charge is -2.32. The molecule has 0 atom stereocenters. The minimum Gasteiger partial charge on any atom is -0.506 e. The van der Waals surface area contributed by atoms with Crippen LogP contribution in [0, 0.1) is 6.92 Å². The van der Waals surface area contributed by atoms with Gasteiger partial charge in [0.2, 0.25) is 11.5 Å². The van der Waals surface area contributed by atoms with Crippen molar-refractivity contribution in [2.24, 2.45) is 0 Å². The Labute approximate surface area is 302 Å². The molecule has 1 aromatic heterocycles. The summed E-state index contributed by atoms with van der Waals surface area (Å²) < 4.78 is 63.5. The normalized spacial score (nSPS) is 13.6. The molecule has 0 aliphatic heterocycles. The molecule has 0 saturated heterocycles. The largest absolute Gasteiger partial charge is 0.506 e. The van der Waals surface area contributed by atoms with Crippen LogP contribution in [-0.4, -0.2) is 94.2 Å². The lowest BCUT2D eigenvalue weighted by Crippen LogP contribution is -2.45. The van der Waals surface area contributed by atoms with Gasteiger partial charge in [0.05, 0.1) is 5.52 Å². The molecule has 2 aromatic carbocycles. The van der Waals surface area contributed by atoms with E-state index in [2.05, 4.69) is 51.7 Å². The molecule has 11 nitrogen and oxygen atoms in total. The van der Waals surface area contributed by atoms with Crippen LogP contribution in [0.4, 0.5) is 26.3 Å². The van der Waals surface area contributed by atoms with Crippen LogP contribution in [0.25, 0.3) is 10.9 Å². The highest BCUT2D eigenvalue weighted by molar-refractivity contribution is 5.87. The number of nitrogens with one attached hydrogen (secondary N) is 3. The summed E-state index contributed by atoms with van der Waals surface area (Å²) in [5.41, 5.74) is 3.94. The molecular weight excluding hydrogens is 714 g/mol. The minimum atomic E-state index is -5.08. The second-order valence-corrected chi connectivity index (χ2v) is 12.4. The molecule has 1 amide bonds. The van der Waals surface area contributed by atoms with Crippen LogP contribution in [-0.2, 0) is 27.2 Å². The number of phenolic OH excluding ortho intramolecular Hbond substituents is 1. The molecule has 53 heavy (non-hydrogen) atoms. The van der Waals surface area contributed by atoms with E-state index in [1.807, 2.05) is 6.07 Å². The molecule has 4 rings (SSSR count). The van der Waals surface area contributed by atoms with E-state index in [1.165, 1.54) is 42.9 Å². The quantitative estimate of drug-likeness (QED) is 0.0725. The third kappa shape index (κ3) is 16.7. The molecule has 1 saturated carbocycles. The van der Waals surface area contributed by atoms with Gasteiger partial charge in [0.25, 0.3) is 0 Å². The van der Waals surface area contributed by atoms with Crippen LogP contribution in [0.1, 0.15) is 61.6 Å². The number of pyridine rings is 1. The molecule has 294 valence electrons. The van der Waals surface area contributed by atoms with Crippen molar-refractivity contribution in [3.05, 3.63) is 75.6 Å². The van der Waals surface area contributed by atoms with Crippen molar-refractivity contribution in [3.8, 4) is 5.75 Å². The first-order valence-corrected chi connectivity index (χ1v) is 17.1. The van der Waals surface area contributed by atoms with Crippen molar-refractivity contribution in [3.63, 3.8) is 0 Å². The molecule has 0 radical (unpaired) electrons. The highest BCUT2D eigenvalue weighted by atomic mass is 19.4. The number of nitrogens with zero attached hydrogens (tertiary/aromatic N) is 1. The molecule has 0 bridgehead atoms. The minimum absolute atomic E-state index is 0.0848. The second kappa shape index (κ2) is 21.8. The highest BCUT2D eigenvalue weighted by Gasteiger charge is 2.39. The Morgan fingerprint density at radius 1 is 0.811 bits per heavy atom. The number of aryl methyl sites for hydroxylation is 1. The maximum Gasteiger partial charge on any atom is 0.490 e. The van der Waals surface area contributed by atoms with Gasteiger partial charge in [-0.1, -0.05) is 61.6 Å². The third-order valence-electron chi connectivity index (χ3n) is 8.32. The molecule has 1 aliphatic carbocycles. The Kier molecular flexibility index (Phi) is 18.3. The lowest BCUT2D eigenvalue weighted by molar-refractivity contribution is -0.193. The zero-order valence-corrected chi connectivity index (χ0v) is 29.3. The Morgan fingerprint density at radius 2 is 1.40 bits per heavy atom. The van der Waals surface area contributed by atoms with E-state index in [0.29, 0.717) is 24.5 Å². The second-order valence-electron chi connectivity index (χ2n) is 12.4. The van der Waals surface area contributed by atoms with E-state index in [4.69, 9.17) is 19.8 Å². The molecule has 17 heteroatoms. The fourth-order valence-corrected chi connectivity index (χ4v) is 5.71. The first kappa shape index (κ1) is 44.5. The molecule has 1 aliphatic rings. The van der Waals surface area contributed by atoms with E-state index >= 15 is 0 Å². The van der Waals surface area contributed by atoms with Gasteiger partial charge in [-0.25, -0.2) is 9.59 Å². The number of H-pyrrole nitrogens is 1. The topological polar surface area (TPSA) is 172 Å². The van der Waals surface area contributed by atoms with E-state index in [-0.39, 0.29) is 17.2 Å². The maximum atomic E-state index is 13.3. The van der Waals surface area contributed by atoms with Gasteiger partial charge in [-0.3, -0.25) is 9.59 Å². The summed E-state index contributed by atoms with van der Waals surface area (Å²) in [4.78, 5) is 47.7. The highest BCUT2D eigenvalue weighted by Crippen LogP contribution is 2.25. The number of carboxylic acid groups (broad SMARTS) is 2. The average Bonchev–Trinajstić information content (AvgIpc) is 3.36. The van der Waals surface area contributed by atoms with Crippen LogP contribution in [0.15, 0.2) is 53.3 Å². The van der Waals surface area contributed by atoms with Gasteiger partial charge in [-0.2, -0.15) is 26.3 Å². The zero-order chi connectivity index (χ0) is 39.6. The third-order valence-corrected chi connectivity index (χ3v) is 8.32. The Morgan fingerprint density at radius 3 is 1.98 bits per heavy atom. The smallest absolute Gasteiger partial charge is 0.490 e. The van der Waals surface area contributed by atoms with Gasteiger partial charge in [0.15, 0.2) is 0 Å². The van der Waals surface area contributed by atoms with Crippen molar-refractivity contribution in [2.75, 3.05) is 32.7 Å². The number of aromatic hydroxyl groups is 1. The van der Waals surface area contributed by atoms with Crippen molar-refractivity contribution in [1.82, 2.24) is 20.5 Å². The van der Waals surface area contributed by atoms with Crippen molar-refractivity contribution >= 4 is 28.7 Å². The number of hydrogen-bond donors (Lipinski definition) is 6. The number of phenols is 1. The van der Waals surface area contributed by atoms with Gasteiger partial charge < -0.3 is 35.8 Å². The number of carbonyl (C=O) groups is 3. The van der Waals surface area contributed by atoms with Gasteiger partial charge in [0.1, 0.15) is 5.75 Å². The van der Waals surface area contributed by atoms with Gasteiger partial charge in [-0.05, 0) is 69.0 Å². The molecule has 0 unspecified atom stereocenters. The number of carboxylic acids is 2. The fraction of sp³-hybridized carbons (Fsp3) is 0.500. The summed E-state index contributed by atoms with van der Waals surface area (Å²) in [6, 6.07) is 15.7. The average molecular weight is 761 g/mol. The number of halogens is 6. The maximum absolute atomic E-state index is 13.3. The summed E-state index contributed by atoms with van der Waals surface area (Å²) in [7, 11) is 0. The number of amides is 1. The standard InChI is InChI=1S/C32H44N4O3.2C2HF3O2/c1-24-7-6-8-25(23-24)15-18-33-20-17-31(39)36(27-9-4-2-3-5-10-27)22-21-34-19-16-26-11-13-29(37)32-28(26)12-14-30(38)35-32;2*3-2(4,5)1(6)7/h6-8,11-14,23,27,33-34,37H,2-5,9-10,15-22H2,1H3,(H,35,38);2*(H,6,7). The first-order valence-electron chi connectivity index (χ1n) is 17.1. The SMILES string of the molecule is Cc1cccc(CCNCCC(=O)N(CCNCCc2ccc(O)c3[nH]c(=O)ccc23)C2CCCCCC2)c1.O=C(O)C(F)(F)F.O=C(O)C(F)(F)F. The van der Waals surface area contributed by atoms with E-state index in [9.17, 15) is 41.0 Å². The van der Waals surface area contributed by atoms with Gasteiger partial charge in [-0.15, -0.1) is 0 Å². The number of aliphatic carboxylic acids is 2. The number of alkyl halides is 6. The summed E-state index contributed by atoms with van der Waals surface area (Å²) in [5, 5.41) is 32.2. The predicted octanol–water partition coefficient (Wildman–Crippen LogP) is 5.71. The van der Waals surface area contributed by atoms with Gasteiger partial charge in [0, 0.05) is 43.5 Å². The number of aromatic amines is 1. The summed E-state index contributed by atoms with van der Waals surface area (Å²) in [6.45, 7) is 5.92. The Hall–Kier alpha value is -4.64. The monoisotopic (exact) mass is 760 g/mol. The predicted molar refractivity (Wildman–Crippen MR) is 186 cm³/mol. The molecule has 3 aromatic rings. The number of hydrogen-bond acceptors (Lipinski definition) is 7. The van der Waals surface area contributed by atoms with Gasteiger partial charge >= 0.3 is 24.3 Å². The number of carbonyl (C=O) groups excluding carboxylic acids is 1. The van der Waals surface area contributed by atoms with Crippen LogP contribution >= 0.6 is 0 Å². The molecular formula is C36H46F6N4O7. The fourth-order valence-electron chi connectivity index (χ4n) is 5.71. The number of rotatable bonds is 13. The van der Waals surface area contributed by atoms with Crippen LogP contribution in [0.3, 0.4) is 0 Å². The number of benzene rings is 2. The van der Waals surface area contributed by atoms with Crippen molar-refractivity contribution < 1.29 is 56.0 Å². The Balaban J connectivity index is 0.000000587. The Bertz CT molecular complexity index is 1650. The molecule has 1 fully saturated rings. The number of fused-ring (bicyclic) bond motifs is 1. The van der Waals surface area contributed by atoms with Crippen molar-refractivity contribution in [2.45, 2.75) is 83.1 Å². The van der Waals surface area contributed by atoms with Crippen molar-refractivity contribution in [1.29, 1.82) is 0 Å². The first-order chi connectivity index (χ1) is 24.9. The van der Waals surface area contributed by atoms with E-state index in [1.54, 1.807) is 12.1 Å². The lowest BCUT2D eigenvalue weighted by atomic mass is 10.0. The van der Waals surface area contributed by atoms with E-state index < -0.39 is 24.3 Å². The van der Waals surface area contributed by atoms with Crippen LogP contribution < -0.4 is 16.2 Å². The number of aromatic nitrogens is 1. The molecule has 0 spiro atoms. The molecule has 6 N–H and O–H groups in total. The molecule has 1 heterocycles. The summed E-state index contributed by atoms with van der Waals surface area (Å²) in [6.07, 6.45) is -0.758. The zero-order valence-electron chi connectivity index (χ0n) is 29.3. The summed E-state index contributed by atoms with van der Waals surface area (Å²) in [5.74, 6) is -5.18. The van der Waals surface area contributed by atoms with Crippen LogP contribution in [0.2, 0.25) is 0 Å².